The van der Waals surface area contributed by atoms with Gasteiger partial charge in [-0.2, -0.15) is 0 Å². The molecule has 0 radical (unpaired) electrons. The average molecular weight is 279 g/mol. The zero-order chi connectivity index (χ0) is 14.0. The smallest absolute Gasteiger partial charge is 0.190 e. The van der Waals surface area contributed by atoms with Gasteiger partial charge in [0.25, 0.3) is 0 Å². The van der Waals surface area contributed by atoms with E-state index in [-0.39, 0.29) is 5.82 Å². The van der Waals surface area contributed by atoms with Gasteiger partial charge in [0.05, 0.1) is 5.69 Å². The largest absolute Gasteiger partial charge is 0.326 e. The Morgan fingerprint density at radius 2 is 1.95 bits per heavy atom. The molecule has 1 aromatic heterocycles. The molecule has 1 aromatic carbocycles. The number of halogens is 1. The first-order chi connectivity index (χ1) is 9.02. The van der Waals surface area contributed by atoms with E-state index in [1.165, 1.54) is 12.1 Å². The third kappa shape index (κ3) is 2.93. The Balaban J connectivity index is 2.33. The molecule has 0 saturated heterocycles. The molecule has 0 fully saturated rings. The molecule has 19 heavy (non-hydrogen) atoms. The van der Waals surface area contributed by atoms with Crippen LogP contribution in [0.1, 0.15) is 30.3 Å². The van der Waals surface area contributed by atoms with E-state index in [0.717, 1.165) is 21.4 Å². The molecule has 2 N–H and O–H groups in total. The van der Waals surface area contributed by atoms with Gasteiger partial charge in [-0.3, -0.25) is 0 Å². The van der Waals surface area contributed by atoms with Crippen molar-refractivity contribution < 1.29 is 4.39 Å². The van der Waals surface area contributed by atoms with Crippen LogP contribution in [-0.2, 0) is 6.54 Å². The number of benzene rings is 1. The minimum atomic E-state index is -0.234. The number of nitrogens with two attached hydrogens (primary N) is 1. The summed E-state index contributed by atoms with van der Waals surface area (Å²) < 4.78 is 12.9. The standard InChI is InChI=1S/C14H18FN3S/c1-9(2)13-12(8-16)19-14(17-13)18(3)11-6-4-10(15)5-7-11/h4-7,9H,8,16H2,1-3H3. The average Bonchev–Trinajstić information content (AvgIpc) is 2.83. The van der Waals surface area contributed by atoms with E-state index in [1.54, 1.807) is 23.5 Å². The summed E-state index contributed by atoms with van der Waals surface area (Å²) in [7, 11) is 1.93. The van der Waals surface area contributed by atoms with Crippen molar-refractivity contribution in [2.24, 2.45) is 5.73 Å². The molecule has 0 saturated carbocycles. The summed E-state index contributed by atoms with van der Waals surface area (Å²) in [5, 5.41) is 0.885. The predicted molar refractivity (Wildman–Crippen MR) is 78.6 cm³/mol. The van der Waals surface area contributed by atoms with Gasteiger partial charge in [-0.25, -0.2) is 9.37 Å². The molecule has 0 aliphatic carbocycles. The van der Waals surface area contributed by atoms with E-state index in [9.17, 15) is 4.39 Å². The Morgan fingerprint density at radius 3 is 2.42 bits per heavy atom. The van der Waals surface area contributed by atoms with Crippen LogP contribution in [0, 0.1) is 5.82 Å². The molecule has 0 aliphatic heterocycles. The lowest BCUT2D eigenvalue weighted by Gasteiger charge is -2.15. The van der Waals surface area contributed by atoms with E-state index in [0.29, 0.717) is 12.5 Å². The van der Waals surface area contributed by atoms with E-state index in [2.05, 4.69) is 18.8 Å². The number of rotatable bonds is 4. The van der Waals surface area contributed by atoms with Gasteiger partial charge < -0.3 is 10.6 Å². The van der Waals surface area contributed by atoms with Gasteiger partial charge in [0.1, 0.15) is 5.82 Å². The van der Waals surface area contributed by atoms with E-state index in [1.807, 2.05) is 11.9 Å². The SMILES string of the molecule is CC(C)c1nc(N(C)c2ccc(F)cc2)sc1CN. The highest BCUT2D eigenvalue weighted by Crippen LogP contribution is 2.33. The lowest BCUT2D eigenvalue weighted by Crippen LogP contribution is -2.09. The molecule has 102 valence electrons. The van der Waals surface area contributed by atoms with Crippen LogP contribution in [0.4, 0.5) is 15.2 Å². The quantitative estimate of drug-likeness (QED) is 0.929. The third-order valence-electron chi connectivity index (χ3n) is 2.95. The van der Waals surface area contributed by atoms with Crippen LogP contribution in [0.25, 0.3) is 0 Å². The number of hydrogen-bond donors (Lipinski definition) is 1. The second-order valence-corrected chi connectivity index (χ2v) is 5.76. The van der Waals surface area contributed by atoms with Crippen molar-refractivity contribution in [3.63, 3.8) is 0 Å². The summed E-state index contributed by atoms with van der Waals surface area (Å²) in [4.78, 5) is 7.71. The van der Waals surface area contributed by atoms with Crippen LogP contribution < -0.4 is 10.6 Å². The number of thiazole rings is 1. The fourth-order valence-corrected chi connectivity index (χ4v) is 2.94. The lowest BCUT2D eigenvalue weighted by atomic mass is 10.1. The second-order valence-electron chi connectivity index (χ2n) is 4.70. The highest BCUT2D eigenvalue weighted by molar-refractivity contribution is 7.15. The molecule has 0 bridgehead atoms. The third-order valence-corrected chi connectivity index (χ3v) is 4.12. The van der Waals surface area contributed by atoms with Crippen molar-refractivity contribution in [1.82, 2.24) is 4.98 Å². The van der Waals surface area contributed by atoms with E-state index >= 15 is 0 Å². The van der Waals surface area contributed by atoms with Crippen LogP contribution in [0.5, 0.6) is 0 Å². The van der Waals surface area contributed by atoms with Crippen LogP contribution in [-0.4, -0.2) is 12.0 Å². The summed E-state index contributed by atoms with van der Waals surface area (Å²) >= 11 is 1.59. The summed E-state index contributed by atoms with van der Waals surface area (Å²) in [5.41, 5.74) is 7.73. The van der Waals surface area contributed by atoms with Gasteiger partial charge in [-0.15, -0.1) is 0 Å². The highest BCUT2D eigenvalue weighted by atomic mass is 32.1. The molecule has 0 unspecified atom stereocenters. The van der Waals surface area contributed by atoms with E-state index in [4.69, 9.17) is 5.73 Å². The zero-order valence-corrected chi connectivity index (χ0v) is 12.2. The predicted octanol–water partition coefficient (Wildman–Crippen LogP) is 3.63. The molecular weight excluding hydrogens is 261 g/mol. The van der Waals surface area contributed by atoms with Crippen LogP contribution in [0.2, 0.25) is 0 Å². The van der Waals surface area contributed by atoms with Gasteiger partial charge >= 0.3 is 0 Å². The van der Waals surface area contributed by atoms with Crippen LogP contribution >= 0.6 is 11.3 Å². The van der Waals surface area contributed by atoms with Crippen molar-refractivity contribution in [2.75, 3.05) is 11.9 Å². The van der Waals surface area contributed by atoms with Crippen LogP contribution in [0.15, 0.2) is 24.3 Å². The maximum atomic E-state index is 12.9. The molecular formula is C14H18FN3S. The zero-order valence-electron chi connectivity index (χ0n) is 11.4. The molecule has 0 spiro atoms. The van der Waals surface area contributed by atoms with Gasteiger partial charge in [-0.05, 0) is 30.2 Å². The first-order valence-electron chi connectivity index (χ1n) is 6.22. The van der Waals surface area contributed by atoms with Crippen molar-refractivity contribution >= 4 is 22.2 Å². The Morgan fingerprint density at radius 1 is 1.32 bits per heavy atom. The van der Waals surface area contributed by atoms with E-state index < -0.39 is 0 Å². The highest BCUT2D eigenvalue weighted by Gasteiger charge is 2.16. The minimum absolute atomic E-state index is 0.234. The molecule has 0 aliphatic rings. The topological polar surface area (TPSA) is 42.2 Å². The van der Waals surface area contributed by atoms with Crippen LogP contribution in [0.3, 0.4) is 0 Å². The molecule has 1 heterocycles. The molecule has 3 nitrogen and oxygen atoms in total. The first-order valence-corrected chi connectivity index (χ1v) is 7.03. The lowest BCUT2D eigenvalue weighted by molar-refractivity contribution is 0.628. The number of hydrogen-bond acceptors (Lipinski definition) is 4. The summed E-state index contributed by atoms with van der Waals surface area (Å²) in [6, 6.07) is 6.39. The number of anilines is 2. The van der Waals surface area contributed by atoms with Crippen molar-refractivity contribution in [2.45, 2.75) is 26.3 Å². The summed E-state index contributed by atoms with van der Waals surface area (Å²) in [6.07, 6.45) is 0. The first kappa shape index (κ1) is 14.0. The monoisotopic (exact) mass is 279 g/mol. The molecule has 0 atom stereocenters. The number of nitrogens with zero attached hydrogens (tertiary/aromatic N) is 2. The molecule has 2 aromatic rings. The minimum Gasteiger partial charge on any atom is -0.326 e. The number of aromatic nitrogens is 1. The maximum Gasteiger partial charge on any atom is 0.190 e. The summed E-state index contributed by atoms with van der Waals surface area (Å²) in [5.74, 6) is 0.118. The van der Waals surface area contributed by atoms with Gasteiger partial charge in [0.15, 0.2) is 5.13 Å². The maximum absolute atomic E-state index is 12.9. The van der Waals surface area contributed by atoms with Crippen molar-refractivity contribution in [3.05, 3.63) is 40.7 Å². The Labute approximate surface area is 116 Å². The second kappa shape index (κ2) is 5.67. The fraction of sp³-hybridized carbons (Fsp3) is 0.357. The Kier molecular flexibility index (Phi) is 4.17. The van der Waals surface area contributed by atoms with Crippen molar-refractivity contribution in [3.8, 4) is 0 Å². The van der Waals surface area contributed by atoms with Gasteiger partial charge in [-0.1, -0.05) is 25.2 Å². The molecule has 0 amide bonds. The fourth-order valence-electron chi connectivity index (χ4n) is 1.87. The normalized spacial score (nSPS) is 11.1. The Bertz CT molecular complexity index is 548. The van der Waals surface area contributed by atoms with Gasteiger partial charge in [0, 0.05) is 24.2 Å². The summed E-state index contributed by atoms with van der Waals surface area (Å²) in [6.45, 7) is 4.72. The molecule has 2 rings (SSSR count). The van der Waals surface area contributed by atoms with Gasteiger partial charge in [0.2, 0.25) is 0 Å². The van der Waals surface area contributed by atoms with Crippen molar-refractivity contribution in [1.29, 1.82) is 0 Å². The Hall–Kier alpha value is -1.46. The molecule has 5 heteroatoms.